The van der Waals surface area contributed by atoms with Gasteiger partial charge in [0.1, 0.15) is 5.75 Å². The van der Waals surface area contributed by atoms with Gasteiger partial charge in [-0.25, -0.2) is 0 Å². The minimum Gasteiger partial charge on any atom is -0.508 e. The van der Waals surface area contributed by atoms with Crippen LogP contribution >= 0.6 is 0 Å². The van der Waals surface area contributed by atoms with E-state index in [2.05, 4.69) is 45.3 Å². The average Bonchev–Trinajstić information content (AvgIpc) is 2.81. The lowest BCUT2D eigenvalue weighted by molar-refractivity contribution is -0.0266. The summed E-state index contributed by atoms with van der Waals surface area (Å²) >= 11 is 0. The van der Waals surface area contributed by atoms with Crippen molar-refractivity contribution in [3.63, 3.8) is 0 Å². The molecule has 4 rings (SSSR count). The van der Waals surface area contributed by atoms with Crippen LogP contribution in [0.1, 0.15) is 59.0 Å². The van der Waals surface area contributed by atoms with Crippen molar-refractivity contribution in [1.29, 1.82) is 0 Å². The second-order valence-electron chi connectivity index (χ2n) is 9.92. The van der Waals surface area contributed by atoms with E-state index in [1.165, 1.54) is 5.56 Å². The zero-order valence-corrected chi connectivity index (χ0v) is 20.1. The maximum absolute atomic E-state index is 13.6. The Balaban J connectivity index is 1.59. The van der Waals surface area contributed by atoms with Gasteiger partial charge in [-0.15, -0.1) is 0 Å². The zero-order valence-electron chi connectivity index (χ0n) is 20.1. The minimum absolute atomic E-state index is 0.0401. The largest absolute Gasteiger partial charge is 0.508 e. The summed E-state index contributed by atoms with van der Waals surface area (Å²) < 4.78 is 0. The number of carbonyl (C=O) groups is 2. The lowest BCUT2D eigenvalue weighted by Crippen LogP contribution is -2.64. The molecule has 2 atom stereocenters. The maximum atomic E-state index is 13.6. The van der Waals surface area contributed by atoms with Gasteiger partial charge in [0.2, 0.25) is 0 Å². The number of aromatic hydroxyl groups is 1. The van der Waals surface area contributed by atoms with E-state index in [4.69, 9.17) is 0 Å². The van der Waals surface area contributed by atoms with E-state index < -0.39 is 0 Å². The van der Waals surface area contributed by atoms with Crippen LogP contribution in [0.25, 0.3) is 0 Å². The number of likely N-dealkylation sites (tertiary alicyclic amines) is 1. The summed E-state index contributed by atoms with van der Waals surface area (Å²) in [6, 6.07) is 12.5. The molecule has 2 amide bonds. The highest BCUT2D eigenvalue weighted by atomic mass is 16.3. The van der Waals surface area contributed by atoms with Crippen LogP contribution in [0.2, 0.25) is 0 Å². The van der Waals surface area contributed by atoms with E-state index >= 15 is 0 Å². The first-order valence-corrected chi connectivity index (χ1v) is 11.6. The first-order chi connectivity index (χ1) is 16.1. The minimum atomic E-state index is -0.277. The van der Waals surface area contributed by atoms with Gasteiger partial charge >= 0.3 is 0 Å². The molecule has 34 heavy (non-hydrogen) atoms. The van der Waals surface area contributed by atoms with E-state index in [-0.39, 0.29) is 28.7 Å². The molecule has 1 saturated heterocycles. The number of phenolic OH excluding ortho intramolecular Hbond substituents is 1. The molecule has 2 bridgehead atoms. The van der Waals surface area contributed by atoms with Gasteiger partial charge in [-0.2, -0.15) is 0 Å². The number of hydrogen-bond acceptors (Lipinski definition) is 3. The second kappa shape index (κ2) is 8.64. The highest BCUT2D eigenvalue weighted by molar-refractivity contribution is 5.98. The van der Waals surface area contributed by atoms with Crippen LogP contribution in [-0.4, -0.2) is 34.4 Å². The fraction of sp³-hybridized carbons (Fsp3) is 0.310. The van der Waals surface area contributed by atoms with Crippen molar-refractivity contribution in [3.8, 4) is 5.75 Å². The molecule has 2 aromatic rings. The molecule has 0 saturated carbocycles. The van der Waals surface area contributed by atoms with Gasteiger partial charge in [-0.05, 0) is 71.9 Å². The third-order valence-electron chi connectivity index (χ3n) is 8.06. The van der Waals surface area contributed by atoms with Crippen molar-refractivity contribution < 1.29 is 14.7 Å². The van der Waals surface area contributed by atoms with E-state index in [0.29, 0.717) is 35.5 Å². The van der Waals surface area contributed by atoms with Gasteiger partial charge in [-0.3, -0.25) is 9.59 Å². The Morgan fingerprint density at radius 3 is 2.41 bits per heavy atom. The number of amides is 2. The van der Waals surface area contributed by atoms with Crippen molar-refractivity contribution in [1.82, 2.24) is 10.2 Å². The van der Waals surface area contributed by atoms with E-state index in [1.807, 2.05) is 11.0 Å². The highest BCUT2D eigenvalue weighted by Gasteiger charge is 2.57. The molecule has 5 nitrogen and oxygen atoms in total. The third kappa shape index (κ3) is 3.65. The fourth-order valence-electron chi connectivity index (χ4n) is 5.59. The number of nitrogens with zero attached hydrogens (tertiary/aromatic N) is 1. The summed E-state index contributed by atoms with van der Waals surface area (Å²) in [6.45, 7) is 14.7. The van der Waals surface area contributed by atoms with Crippen LogP contribution in [0.15, 0.2) is 79.5 Å². The van der Waals surface area contributed by atoms with Gasteiger partial charge in [-0.1, -0.05) is 52.1 Å². The number of nitrogens with one attached hydrogen (secondary N) is 1. The quantitative estimate of drug-likeness (QED) is 0.613. The van der Waals surface area contributed by atoms with Gasteiger partial charge in [0.15, 0.2) is 0 Å². The topological polar surface area (TPSA) is 69.6 Å². The zero-order chi connectivity index (χ0) is 24.7. The predicted molar refractivity (Wildman–Crippen MR) is 135 cm³/mol. The molecule has 0 unspecified atom stereocenters. The summed E-state index contributed by atoms with van der Waals surface area (Å²) in [6.07, 6.45) is 6.22. The van der Waals surface area contributed by atoms with Crippen molar-refractivity contribution in [2.24, 2.45) is 5.41 Å². The number of carbonyl (C=O) groups excluding carboxylic acids is 2. The molecule has 176 valence electrons. The summed E-state index contributed by atoms with van der Waals surface area (Å²) in [5, 5.41) is 13.3. The van der Waals surface area contributed by atoms with Crippen molar-refractivity contribution in [3.05, 3.63) is 102 Å². The Hall–Kier alpha value is -3.60. The fourth-order valence-corrected chi connectivity index (χ4v) is 5.59. The number of hydrogen-bond donors (Lipinski definition) is 2. The summed E-state index contributed by atoms with van der Waals surface area (Å²) in [7, 11) is 0. The van der Waals surface area contributed by atoms with Crippen LogP contribution in [0, 0.1) is 5.41 Å². The van der Waals surface area contributed by atoms with Crippen molar-refractivity contribution in [2.45, 2.75) is 45.1 Å². The molecule has 1 aliphatic carbocycles. The molecule has 0 spiro atoms. The van der Waals surface area contributed by atoms with E-state index in [0.717, 1.165) is 12.0 Å². The first kappa shape index (κ1) is 23.6. The normalized spacial score (nSPS) is 23.0. The van der Waals surface area contributed by atoms with Crippen molar-refractivity contribution >= 4 is 11.8 Å². The van der Waals surface area contributed by atoms with Crippen LogP contribution in [-0.2, 0) is 11.8 Å². The summed E-state index contributed by atoms with van der Waals surface area (Å²) in [4.78, 5) is 28.1. The van der Waals surface area contributed by atoms with E-state index in [9.17, 15) is 14.7 Å². The smallest absolute Gasteiger partial charge is 0.255 e. The molecular weight excluding hydrogens is 424 g/mol. The predicted octanol–water partition coefficient (Wildman–Crippen LogP) is 5.13. The molecule has 2 aromatic carbocycles. The Morgan fingerprint density at radius 2 is 1.76 bits per heavy atom. The highest BCUT2D eigenvalue weighted by Crippen LogP contribution is 2.57. The number of piperidine rings is 1. The lowest BCUT2D eigenvalue weighted by Gasteiger charge is -2.60. The summed E-state index contributed by atoms with van der Waals surface area (Å²) in [5.41, 5.74) is 3.40. The Kier molecular flexibility index (Phi) is 5.98. The molecule has 5 heteroatoms. The monoisotopic (exact) mass is 456 g/mol. The maximum Gasteiger partial charge on any atom is 0.255 e. The third-order valence-corrected chi connectivity index (χ3v) is 8.06. The molecular formula is C29H32N2O3. The average molecular weight is 457 g/mol. The standard InChI is InChI=1S/C29H32N2O3/c1-6-9-21(7-2)30-26(33)19-12-14-20(15-13-19)27(34)31-17-16-29(5)23-10-8-11-24(32)22(23)18-25(31)28(29,3)4/h6-15,25,32H,1-2,16-18H2,3-5H3,(H,30,33)/b21-9+/t25-,29+/m1/s1. The van der Waals surface area contributed by atoms with Crippen LogP contribution in [0.4, 0.5) is 0 Å². The molecule has 1 aliphatic heterocycles. The molecule has 1 fully saturated rings. The number of rotatable bonds is 5. The molecule has 2 aliphatic rings. The Bertz CT molecular complexity index is 1190. The molecule has 0 radical (unpaired) electrons. The molecule has 1 heterocycles. The Morgan fingerprint density at radius 1 is 1.09 bits per heavy atom. The molecule has 0 aromatic heterocycles. The number of phenols is 1. The number of benzene rings is 2. The van der Waals surface area contributed by atoms with Crippen molar-refractivity contribution in [2.75, 3.05) is 6.54 Å². The van der Waals surface area contributed by atoms with Crippen LogP contribution < -0.4 is 5.32 Å². The first-order valence-electron chi connectivity index (χ1n) is 11.6. The number of allylic oxidation sites excluding steroid dienone is 3. The van der Waals surface area contributed by atoms with Gasteiger partial charge in [0, 0.05) is 34.8 Å². The van der Waals surface area contributed by atoms with Crippen LogP contribution in [0.5, 0.6) is 5.75 Å². The Labute approximate surface area is 201 Å². The van der Waals surface area contributed by atoms with Gasteiger partial charge < -0.3 is 15.3 Å². The lowest BCUT2D eigenvalue weighted by atomic mass is 9.51. The van der Waals surface area contributed by atoms with Gasteiger partial charge in [0.05, 0.1) is 0 Å². The van der Waals surface area contributed by atoms with E-state index in [1.54, 1.807) is 48.6 Å². The van der Waals surface area contributed by atoms with Gasteiger partial charge in [0.25, 0.3) is 11.8 Å². The SMILES string of the molecule is C=C/C=C(\C=C)NC(=O)c1ccc(C(=O)N2CC[C@@]3(C)c4cccc(O)c4C[C@@H]2C3(C)C)cc1. The summed E-state index contributed by atoms with van der Waals surface area (Å²) in [5.74, 6) is -0.0243. The number of fused-ring (bicyclic) bond motifs is 4. The van der Waals surface area contributed by atoms with Crippen LogP contribution in [0.3, 0.4) is 0 Å². The molecule has 2 N–H and O–H groups in total. The second-order valence-corrected chi connectivity index (χ2v) is 9.92.